The number of carbonyl (C=O) groups excluding carboxylic acids is 1. The van der Waals surface area contributed by atoms with Crippen molar-refractivity contribution in [3.05, 3.63) is 35.6 Å². The second kappa shape index (κ2) is 5.48. The largest absolute Gasteiger partial charge is 0.348 e. The van der Waals surface area contributed by atoms with Gasteiger partial charge in [-0.25, -0.2) is 4.39 Å². The van der Waals surface area contributed by atoms with Gasteiger partial charge in [0.1, 0.15) is 5.82 Å². The van der Waals surface area contributed by atoms with E-state index in [0.717, 1.165) is 0 Å². The van der Waals surface area contributed by atoms with Crippen LogP contribution in [0.3, 0.4) is 0 Å². The molecule has 1 aromatic carbocycles. The van der Waals surface area contributed by atoms with Gasteiger partial charge in [-0.2, -0.15) is 0 Å². The second-order valence-electron chi connectivity index (χ2n) is 5.60. The number of benzene rings is 1. The Balaban J connectivity index is 2.75. The number of carbonyl (C=O) groups is 1. The molecule has 0 heterocycles. The molecule has 0 saturated heterocycles. The quantitative estimate of drug-likeness (QED) is 0.867. The molecule has 1 amide bonds. The van der Waals surface area contributed by atoms with Crippen LogP contribution in [0.2, 0.25) is 0 Å². The van der Waals surface area contributed by atoms with E-state index in [-0.39, 0.29) is 17.1 Å². The molecule has 1 rings (SSSR count). The Morgan fingerprint density at radius 3 is 2.39 bits per heavy atom. The van der Waals surface area contributed by atoms with Crippen molar-refractivity contribution in [2.45, 2.75) is 39.8 Å². The summed E-state index contributed by atoms with van der Waals surface area (Å²) in [7, 11) is 0. The lowest BCUT2D eigenvalue weighted by Gasteiger charge is -2.27. The Hall–Kier alpha value is -1.42. The maximum absolute atomic E-state index is 13.5. The standard InChI is InChI=1S/C14H21FN2O/c1-9(10-7-5-6-8-11(10)15)17-13(18)12(16)14(2,3)4/h5-9,12H,16H2,1-4H3,(H,17,18). The van der Waals surface area contributed by atoms with Crippen molar-refractivity contribution in [2.75, 3.05) is 0 Å². The molecule has 0 aliphatic heterocycles. The summed E-state index contributed by atoms with van der Waals surface area (Å²) >= 11 is 0. The highest BCUT2D eigenvalue weighted by molar-refractivity contribution is 5.82. The molecule has 2 unspecified atom stereocenters. The maximum atomic E-state index is 13.5. The van der Waals surface area contributed by atoms with Crippen LogP contribution in [0.25, 0.3) is 0 Å². The molecule has 0 bridgehead atoms. The predicted octanol–water partition coefficient (Wildman–Crippen LogP) is 2.38. The van der Waals surface area contributed by atoms with Crippen LogP contribution in [0.5, 0.6) is 0 Å². The highest BCUT2D eigenvalue weighted by Crippen LogP contribution is 2.20. The van der Waals surface area contributed by atoms with Gasteiger partial charge in [-0.1, -0.05) is 39.0 Å². The molecule has 0 fully saturated rings. The van der Waals surface area contributed by atoms with E-state index in [1.807, 2.05) is 20.8 Å². The van der Waals surface area contributed by atoms with Gasteiger partial charge in [-0.15, -0.1) is 0 Å². The zero-order chi connectivity index (χ0) is 13.9. The van der Waals surface area contributed by atoms with Gasteiger partial charge >= 0.3 is 0 Å². The Kier molecular flexibility index (Phi) is 4.46. The first-order chi connectivity index (χ1) is 8.23. The SMILES string of the molecule is CC(NC(=O)C(N)C(C)(C)C)c1ccccc1F. The summed E-state index contributed by atoms with van der Waals surface area (Å²) in [4.78, 5) is 11.9. The van der Waals surface area contributed by atoms with Crippen LogP contribution in [-0.2, 0) is 4.79 Å². The second-order valence-corrected chi connectivity index (χ2v) is 5.60. The molecule has 1 aromatic rings. The van der Waals surface area contributed by atoms with Crippen LogP contribution in [0.4, 0.5) is 4.39 Å². The zero-order valence-corrected chi connectivity index (χ0v) is 11.3. The fourth-order valence-corrected chi connectivity index (χ4v) is 1.60. The minimum Gasteiger partial charge on any atom is -0.348 e. The van der Waals surface area contributed by atoms with Crippen molar-refractivity contribution in [1.82, 2.24) is 5.32 Å². The highest BCUT2D eigenvalue weighted by Gasteiger charge is 2.28. The lowest BCUT2D eigenvalue weighted by atomic mass is 9.86. The summed E-state index contributed by atoms with van der Waals surface area (Å²) in [5, 5.41) is 2.74. The van der Waals surface area contributed by atoms with E-state index >= 15 is 0 Å². The summed E-state index contributed by atoms with van der Waals surface area (Å²) in [6.07, 6.45) is 0. The molecule has 4 heteroatoms. The van der Waals surface area contributed by atoms with Crippen molar-refractivity contribution in [3.8, 4) is 0 Å². The van der Waals surface area contributed by atoms with Crippen LogP contribution < -0.4 is 11.1 Å². The number of hydrogen-bond donors (Lipinski definition) is 2. The van der Waals surface area contributed by atoms with Gasteiger partial charge in [0.05, 0.1) is 12.1 Å². The normalized spacial score (nSPS) is 15.0. The van der Waals surface area contributed by atoms with E-state index < -0.39 is 12.1 Å². The van der Waals surface area contributed by atoms with Crippen molar-refractivity contribution in [1.29, 1.82) is 0 Å². The molecule has 0 aliphatic carbocycles. The molecule has 0 aliphatic rings. The topological polar surface area (TPSA) is 55.1 Å². The summed E-state index contributed by atoms with van der Waals surface area (Å²) in [5.41, 5.74) is 6.00. The van der Waals surface area contributed by atoms with Gasteiger partial charge < -0.3 is 11.1 Å². The van der Waals surface area contributed by atoms with E-state index in [2.05, 4.69) is 5.32 Å². The van der Waals surface area contributed by atoms with E-state index in [9.17, 15) is 9.18 Å². The van der Waals surface area contributed by atoms with Crippen LogP contribution in [0.1, 0.15) is 39.3 Å². The summed E-state index contributed by atoms with van der Waals surface area (Å²) in [5.74, 6) is -0.590. The molecule has 0 saturated carbocycles. The molecule has 100 valence electrons. The lowest BCUT2D eigenvalue weighted by Crippen LogP contribution is -2.49. The number of rotatable bonds is 3. The average molecular weight is 252 g/mol. The van der Waals surface area contributed by atoms with Crippen molar-refractivity contribution in [3.63, 3.8) is 0 Å². The zero-order valence-electron chi connectivity index (χ0n) is 11.3. The summed E-state index contributed by atoms with van der Waals surface area (Å²) < 4.78 is 13.5. The summed E-state index contributed by atoms with van der Waals surface area (Å²) in [6, 6.07) is 5.38. The van der Waals surface area contributed by atoms with Gasteiger partial charge in [-0.3, -0.25) is 4.79 Å². The van der Waals surface area contributed by atoms with Gasteiger partial charge in [0.15, 0.2) is 0 Å². The first-order valence-electron chi connectivity index (χ1n) is 6.04. The van der Waals surface area contributed by atoms with Crippen molar-refractivity contribution < 1.29 is 9.18 Å². The first-order valence-corrected chi connectivity index (χ1v) is 6.04. The Morgan fingerprint density at radius 2 is 1.89 bits per heavy atom. The summed E-state index contributed by atoms with van der Waals surface area (Å²) in [6.45, 7) is 7.42. The number of halogens is 1. The third-order valence-corrected chi connectivity index (χ3v) is 2.95. The fraction of sp³-hybridized carbons (Fsp3) is 0.500. The van der Waals surface area contributed by atoms with Gasteiger partial charge in [0.2, 0.25) is 5.91 Å². The number of amides is 1. The number of hydrogen-bond acceptors (Lipinski definition) is 2. The number of nitrogens with one attached hydrogen (secondary N) is 1. The average Bonchev–Trinajstić information content (AvgIpc) is 2.27. The molecule has 0 aromatic heterocycles. The maximum Gasteiger partial charge on any atom is 0.237 e. The third-order valence-electron chi connectivity index (χ3n) is 2.95. The Morgan fingerprint density at radius 1 is 1.33 bits per heavy atom. The van der Waals surface area contributed by atoms with E-state index in [1.165, 1.54) is 6.07 Å². The molecular formula is C14H21FN2O. The van der Waals surface area contributed by atoms with Gasteiger partial charge in [-0.05, 0) is 18.4 Å². The van der Waals surface area contributed by atoms with E-state index in [1.54, 1.807) is 25.1 Å². The molecule has 3 nitrogen and oxygen atoms in total. The van der Waals surface area contributed by atoms with Crippen LogP contribution in [-0.4, -0.2) is 11.9 Å². The van der Waals surface area contributed by atoms with E-state index in [4.69, 9.17) is 5.73 Å². The molecule has 2 atom stereocenters. The molecule has 0 radical (unpaired) electrons. The molecule has 18 heavy (non-hydrogen) atoms. The van der Waals surface area contributed by atoms with Gasteiger partial charge in [0.25, 0.3) is 0 Å². The Bertz CT molecular complexity index is 426. The Labute approximate surface area is 108 Å². The number of nitrogens with two attached hydrogens (primary N) is 1. The molecule has 0 spiro atoms. The lowest BCUT2D eigenvalue weighted by molar-refractivity contribution is -0.125. The predicted molar refractivity (Wildman–Crippen MR) is 70.4 cm³/mol. The minimum absolute atomic E-state index is 0.266. The minimum atomic E-state index is -0.619. The first kappa shape index (κ1) is 14.6. The molecule has 3 N–H and O–H groups in total. The van der Waals surface area contributed by atoms with Crippen molar-refractivity contribution >= 4 is 5.91 Å². The van der Waals surface area contributed by atoms with Crippen LogP contribution >= 0.6 is 0 Å². The van der Waals surface area contributed by atoms with Crippen LogP contribution in [0.15, 0.2) is 24.3 Å². The third kappa shape index (κ3) is 3.53. The fourth-order valence-electron chi connectivity index (χ4n) is 1.60. The van der Waals surface area contributed by atoms with E-state index in [0.29, 0.717) is 5.56 Å². The monoisotopic (exact) mass is 252 g/mol. The van der Waals surface area contributed by atoms with Crippen LogP contribution in [0, 0.1) is 11.2 Å². The smallest absolute Gasteiger partial charge is 0.237 e. The highest BCUT2D eigenvalue weighted by atomic mass is 19.1. The van der Waals surface area contributed by atoms with Gasteiger partial charge in [0, 0.05) is 5.56 Å². The molecular weight excluding hydrogens is 231 g/mol. The van der Waals surface area contributed by atoms with Crippen molar-refractivity contribution in [2.24, 2.45) is 11.1 Å².